The van der Waals surface area contributed by atoms with Gasteiger partial charge in [-0.2, -0.15) is 0 Å². The van der Waals surface area contributed by atoms with Gasteiger partial charge in [0.15, 0.2) is 0 Å². The molecule has 1 heterocycles. The number of carboxylic acids is 1. The van der Waals surface area contributed by atoms with Gasteiger partial charge in [-0.25, -0.2) is 4.98 Å². The third kappa shape index (κ3) is 3.05. The van der Waals surface area contributed by atoms with E-state index < -0.39 is 11.5 Å². The van der Waals surface area contributed by atoms with Crippen LogP contribution in [-0.2, 0) is 11.3 Å². The van der Waals surface area contributed by atoms with E-state index in [4.69, 9.17) is 0 Å². The fraction of sp³-hybridized carbons (Fsp3) is 0.333. The summed E-state index contributed by atoms with van der Waals surface area (Å²) in [4.78, 5) is 15.2. The fourth-order valence-corrected chi connectivity index (χ4v) is 1.85. The Hall–Kier alpha value is -2.14. The van der Waals surface area contributed by atoms with Gasteiger partial charge in [-0.1, -0.05) is 19.1 Å². The Morgan fingerprint density at radius 2 is 2.10 bits per heavy atom. The molecule has 0 bridgehead atoms. The molecule has 1 aromatic carbocycles. The first kappa shape index (κ1) is 14.3. The SMILES string of the molecule is CCC(C)(NCc1ccc(-n2ccnc2)cc1)C(=O)O. The molecule has 0 aliphatic carbocycles. The maximum Gasteiger partial charge on any atom is 0.323 e. The number of nitrogens with one attached hydrogen (secondary N) is 1. The monoisotopic (exact) mass is 273 g/mol. The second-order valence-electron chi connectivity index (χ2n) is 4.98. The number of carbonyl (C=O) groups is 1. The van der Waals surface area contributed by atoms with Crippen LogP contribution in [-0.4, -0.2) is 26.2 Å². The first-order valence-electron chi connectivity index (χ1n) is 6.61. The predicted octanol–water partition coefficient (Wildman–Crippen LogP) is 2.22. The Morgan fingerprint density at radius 3 is 2.60 bits per heavy atom. The van der Waals surface area contributed by atoms with Crippen LogP contribution in [0.1, 0.15) is 25.8 Å². The van der Waals surface area contributed by atoms with Gasteiger partial charge >= 0.3 is 5.97 Å². The van der Waals surface area contributed by atoms with Gasteiger partial charge in [0.05, 0.1) is 6.33 Å². The van der Waals surface area contributed by atoms with Crippen molar-refractivity contribution in [3.05, 3.63) is 48.5 Å². The molecule has 1 atom stereocenters. The van der Waals surface area contributed by atoms with E-state index in [0.29, 0.717) is 13.0 Å². The summed E-state index contributed by atoms with van der Waals surface area (Å²) in [5.74, 6) is -0.824. The van der Waals surface area contributed by atoms with E-state index in [1.807, 2.05) is 42.0 Å². The molecule has 0 aliphatic heterocycles. The van der Waals surface area contributed by atoms with Gasteiger partial charge in [0.2, 0.25) is 0 Å². The molecule has 0 saturated carbocycles. The summed E-state index contributed by atoms with van der Waals surface area (Å²) in [6, 6.07) is 7.95. The van der Waals surface area contributed by atoms with Gasteiger partial charge in [-0.15, -0.1) is 0 Å². The molecule has 106 valence electrons. The minimum Gasteiger partial charge on any atom is -0.480 e. The Morgan fingerprint density at radius 1 is 1.40 bits per heavy atom. The average molecular weight is 273 g/mol. The second kappa shape index (κ2) is 5.88. The smallest absolute Gasteiger partial charge is 0.323 e. The number of carboxylic acid groups (broad SMARTS) is 1. The first-order chi connectivity index (χ1) is 9.55. The third-order valence-electron chi connectivity index (χ3n) is 3.60. The van der Waals surface area contributed by atoms with Crippen LogP contribution in [0.3, 0.4) is 0 Å². The maximum absolute atomic E-state index is 11.2. The fourth-order valence-electron chi connectivity index (χ4n) is 1.85. The molecule has 5 heteroatoms. The summed E-state index contributed by atoms with van der Waals surface area (Å²) in [5, 5.41) is 12.3. The van der Waals surface area contributed by atoms with Crippen molar-refractivity contribution in [3.8, 4) is 5.69 Å². The number of aromatic nitrogens is 2. The standard InChI is InChI=1S/C15H19N3O2/c1-3-15(2,14(19)20)17-10-12-4-6-13(7-5-12)18-9-8-16-11-18/h4-9,11,17H,3,10H2,1-2H3,(H,19,20). The zero-order chi connectivity index (χ0) is 14.6. The summed E-state index contributed by atoms with van der Waals surface area (Å²) < 4.78 is 1.92. The van der Waals surface area contributed by atoms with Crippen LogP contribution in [0.15, 0.2) is 43.0 Å². The van der Waals surface area contributed by atoms with E-state index >= 15 is 0 Å². The van der Waals surface area contributed by atoms with Crippen LogP contribution in [0, 0.1) is 0 Å². The number of rotatable bonds is 6. The molecule has 2 rings (SSSR count). The maximum atomic E-state index is 11.2. The molecule has 0 saturated heterocycles. The molecule has 0 spiro atoms. The van der Waals surface area contributed by atoms with E-state index in [0.717, 1.165) is 11.3 Å². The summed E-state index contributed by atoms with van der Waals surface area (Å²) in [5.41, 5.74) is 1.20. The molecule has 20 heavy (non-hydrogen) atoms. The first-order valence-corrected chi connectivity index (χ1v) is 6.61. The zero-order valence-electron chi connectivity index (χ0n) is 11.7. The lowest BCUT2D eigenvalue weighted by molar-refractivity contribution is -0.144. The van der Waals surface area contributed by atoms with E-state index in [1.165, 1.54) is 0 Å². The van der Waals surface area contributed by atoms with Crippen molar-refractivity contribution in [2.45, 2.75) is 32.4 Å². The molecule has 1 unspecified atom stereocenters. The van der Waals surface area contributed by atoms with Crippen LogP contribution in [0.5, 0.6) is 0 Å². The van der Waals surface area contributed by atoms with Crippen molar-refractivity contribution < 1.29 is 9.90 Å². The number of benzene rings is 1. The zero-order valence-corrected chi connectivity index (χ0v) is 11.7. The molecule has 0 amide bonds. The molecule has 5 nitrogen and oxygen atoms in total. The quantitative estimate of drug-likeness (QED) is 0.847. The molecule has 2 aromatic rings. The van der Waals surface area contributed by atoms with E-state index in [2.05, 4.69) is 10.3 Å². The van der Waals surface area contributed by atoms with Gasteiger partial charge in [-0.3, -0.25) is 10.1 Å². The highest BCUT2D eigenvalue weighted by molar-refractivity contribution is 5.78. The summed E-state index contributed by atoms with van der Waals surface area (Å²) in [6.07, 6.45) is 5.89. The summed E-state index contributed by atoms with van der Waals surface area (Å²) in [7, 11) is 0. The second-order valence-corrected chi connectivity index (χ2v) is 4.98. The van der Waals surface area contributed by atoms with Crippen molar-refractivity contribution >= 4 is 5.97 Å². The lowest BCUT2D eigenvalue weighted by Gasteiger charge is -2.24. The minimum atomic E-state index is -0.886. The molecule has 0 fully saturated rings. The average Bonchev–Trinajstić information content (AvgIpc) is 2.99. The van der Waals surface area contributed by atoms with Crippen LogP contribution >= 0.6 is 0 Å². The van der Waals surface area contributed by atoms with Gasteiger partial charge in [-0.05, 0) is 31.0 Å². The third-order valence-corrected chi connectivity index (χ3v) is 3.60. The Bertz CT molecular complexity index is 563. The van der Waals surface area contributed by atoms with Crippen LogP contribution in [0.4, 0.5) is 0 Å². The Kier molecular flexibility index (Phi) is 4.20. The number of aliphatic carboxylic acids is 1. The van der Waals surface area contributed by atoms with Crippen LogP contribution in [0.2, 0.25) is 0 Å². The minimum absolute atomic E-state index is 0.529. The van der Waals surface area contributed by atoms with E-state index in [9.17, 15) is 9.90 Å². The molecule has 1 aromatic heterocycles. The van der Waals surface area contributed by atoms with Gasteiger partial charge in [0.25, 0.3) is 0 Å². The van der Waals surface area contributed by atoms with Crippen molar-refractivity contribution in [3.63, 3.8) is 0 Å². The number of hydrogen-bond donors (Lipinski definition) is 2. The lowest BCUT2D eigenvalue weighted by atomic mass is 9.99. The number of nitrogens with zero attached hydrogens (tertiary/aromatic N) is 2. The highest BCUT2D eigenvalue weighted by Crippen LogP contribution is 2.13. The van der Waals surface area contributed by atoms with E-state index in [1.54, 1.807) is 19.4 Å². The largest absolute Gasteiger partial charge is 0.480 e. The lowest BCUT2D eigenvalue weighted by Crippen LogP contribution is -2.48. The van der Waals surface area contributed by atoms with Crippen molar-refractivity contribution in [2.24, 2.45) is 0 Å². The van der Waals surface area contributed by atoms with Gasteiger partial charge in [0, 0.05) is 24.6 Å². The molecular formula is C15H19N3O2. The molecular weight excluding hydrogens is 254 g/mol. The summed E-state index contributed by atoms with van der Waals surface area (Å²) in [6.45, 7) is 4.10. The van der Waals surface area contributed by atoms with Crippen molar-refractivity contribution in [1.29, 1.82) is 0 Å². The molecule has 0 radical (unpaired) electrons. The summed E-state index contributed by atoms with van der Waals surface area (Å²) >= 11 is 0. The van der Waals surface area contributed by atoms with Crippen LogP contribution < -0.4 is 5.32 Å². The topological polar surface area (TPSA) is 67.2 Å². The number of hydrogen-bond acceptors (Lipinski definition) is 3. The van der Waals surface area contributed by atoms with Crippen LogP contribution in [0.25, 0.3) is 5.69 Å². The Balaban J connectivity index is 2.03. The highest BCUT2D eigenvalue weighted by atomic mass is 16.4. The van der Waals surface area contributed by atoms with E-state index in [-0.39, 0.29) is 0 Å². The number of imidazole rings is 1. The highest BCUT2D eigenvalue weighted by Gasteiger charge is 2.29. The Labute approximate surface area is 118 Å². The van der Waals surface area contributed by atoms with Gasteiger partial charge in [0.1, 0.15) is 5.54 Å². The predicted molar refractivity (Wildman–Crippen MR) is 76.7 cm³/mol. The molecule has 2 N–H and O–H groups in total. The van der Waals surface area contributed by atoms with Crippen molar-refractivity contribution in [1.82, 2.24) is 14.9 Å². The molecule has 0 aliphatic rings. The van der Waals surface area contributed by atoms with Gasteiger partial charge < -0.3 is 9.67 Å². The normalized spacial score (nSPS) is 13.9. The van der Waals surface area contributed by atoms with Crippen molar-refractivity contribution in [2.75, 3.05) is 0 Å².